The summed E-state index contributed by atoms with van der Waals surface area (Å²) in [6, 6.07) is 9.86. The fourth-order valence-electron chi connectivity index (χ4n) is 4.24. The zero-order valence-electron chi connectivity index (χ0n) is 17.7. The van der Waals surface area contributed by atoms with E-state index in [0.717, 1.165) is 16.8 Å². The molecule has 30 heavy (non-hydrogen) atoms. The molecule has 0 unspecified atom stereocenters. The summed E-state index contributed by atoms with van der Waals surface area (Å²) < 4.78 is 1.23. The molecule has 0 saturated heterocycles. The van der Waals surface area contributed by atoms with Crippen LogP contribution in [-0.4, -0.2) is 27.3 Å². The van der Waals surface area contributed by atoms with Crippen LogP contribution < -0.4 is 10.9 Å². The van der Waals surface area contributed by atoms with Crippen LogP contribution in [-0.2, 0) is 11.3 Å². The maximum Gasteiger partial charge on any atom is 0.267 e. The molecule has 7 heteroatoms. The van der Waals surface area contributed by atoms with E-state index in [1.54, 1.807) is 13.0 Å². The van der Waals surface area contributed by atoms with E-state index in [0.29, 0.717) is 18.8 Å². The first-order valence-electron chi connectivity index (χ1n) is 10.6. The van der Waals surface area contributed by atoms with Crippen molar-refractivity contribution in [3.05, 3.63) is 56.9 Å². The molecule has 2 saturated carbocycles. The zero-order chi connectivity index (χ0) is 21.5. The van der Waals surface area contributed by atoms with Crippen molar-refractivity contribution in [2.24, 2.45) is 5.18 Å². The second-order valence-electron chi connectivity index (χ2n) is 9.25. The molecule has 0 bridgehead atoms. The maximum atomic E-state index is 12.7. The molecule has 4 rings (SSSR count). The van der Waals surface area contributed by atoms with Crippen molar-refractivity contribution in [2.75, 3.05) is 0 Å². The van der Waals surface area contributed by atoms with E-state index in [9.17, 15) is 14.5 Å². The second-order valence-corrected chi connectivity index (χ2v) is 9.25. The second kappa shape index (κ2) is 7.78. The number of carbonyl (C=O) groups excluding carboxylic acids is 1. The highest BCUT2D eigenvalue weighted by atomic mass is 16.3. The SMILES string of the molecule is CC(C)c1nn(CC(=O)NC2CC(C)(N=O)C2)c(=O)cc1-c1cccc(C2CC2)c1. The van der Waals surface area contributed by atoms with Crippen molar-refractivity contribution in [2.45, 2.75) is 76.4 Å². The molecular weight excluding hydrogens is 380 g/mol. The lowest BCUT2D eigenvalue weighted by Gasteiger charge is -2.39. The Labute approximate surface area is 175 Å². The number of nitroso groups, excluding NO2 is 1. The third-order valence-corrected chi connectivity index (χ3v) is 6.07. The molecule has 1 amide bonds. The van der Waals surface area contributed by atoms with Gasteiger partial charge in [0.15, 0.2) is 0 Å². The van der Waals surface area contributed by atoms with E-state index in [1.807, 2.05) is 26.0 Å². The molecule has 1 aromatic heterocycles. The quantitative estimate of drug-likeness (QED) is 0.707. The number of hydrogen-bond acceptors (Lipinski definition) is 5. The van der Waals surface area contributed by atoms with Crippen molar-refractivity contribution < 1.29 is 4.79 Å². The van der Waals surface area contributed by atoms with Crippen LogP contribution in [0.4, 0.5) is 0 Å². The number of rotatable bonds is 7. The van der Waals surface area contributed by atoms with Crippen molar-refractivity contribution in [1.82, 2.24) is 15.1 Å². The fraction of sp³-hybridized carbons (Fsp3) is 0.522. The first-order chi connectivity index (χ1) is 14.3. The van der Waals surface area contributed by atoms with Crippen LogP contribution in [0.15, 0.2) is 40.3 Å². The van der Waals surface area contributed by atoms with Gasteiger partial charge in [-0.1, -0.05) is 43.3 Å². The lowest BCUT2D eigenvalue weighted by molar-refractivity contribution is -0.123. The molecule has 1 aromatic carbocycles. The minimum Gasteiger partial charge on any atom is -0.352 e. The van der Waals surface area contributed by atoms with Crippen LogP contribution in [0.25, 0.3) is 11.1 Å². The van der Waals surface area contributed by atoms with Gasteiger partial charge in [0.25, 0.3) is 5.56 Å². The van der Waals surface area contributed by atoms with E-state index in [2.05, 4.69) is 27.7 Å². The summed E-state index contributed by atoms with van der Waals surface area (Å²) in [4.78, 5) is 35.9. The van der Waals surface area contributed by atoms with Gasteiger partial charge in [-0.15, -0.1) is 0 Å². The predicted octanol–water partition coefficient (Wildman–Crippen LogP) is 3.71. The molecule has 158 valence electrons. The van der Waals surface area contributed by atoms with E-state index in [1.165, 1.54) is 23.1 Å². The fourth-order valence-corrected chi connectivity index (χ4v) is 4.24. The number of nitrogens with one attached hydrogen (secondary N) is 1. The predicted molar refractivity (Wildman–Crippen MR) is 115 cm³/mol. The van der Waals surface area contributed by atoms with Gasteiger partial charge in [-0.25, -0.2) is 4.68 Å². The van der Waals surface area contributed by atoms with Crippen LogP contribution in [0, 0.1) is 4.91 Å². The lowest BCUT2D eigenvalue weighted by atomic mass is 9.75. The Balaban J connectivity index is 1.55. The molecule has 0 aliphatic heterocycles. The first-order valence-corrected chi connectivity index (χ1v) is 10.6. The van der Waals surface area contributed by atoms with Gasteiger partial charge in [-0.3, -0.25) is 9.59 Å². The van der Waals surface area contributed by atoms with Gasteiger partial charge < -0.3 is 5.32 Å². The third kappa shape index (κ3) is 4.20. The van der Waals surface area contributed by atoms with Gasteiger partial charge in [-0.2, -0.15) is 10.0 Å². The molecule has 0 radical (unpaired) electrons. The smallest absolute Gasteiger partial charge is 0.267 e. The molecule has 2 aliphatic carbocycles. The molecule has 2 aromatic rings. The normalized spacial score (nSPS) is 23.1. The highest BCUT2D eigenvalue weighted by molar-refractivity contribution is 5.76. The van der Waals surface area contributed by atoms with Crippen molar-refractivity contribution >= 4 is 5.91 Å². The molecule has 2 aliphatic rings. The number of nitrogens with zero attached hydrogens (tertiary/aromatic N) is 3. The van der Waals surface area contributed by atoms with Crippen LogP contribution in [0.2, 0.25) is 0 Å². The van der Waals surface area contributed by atoms with Gasteiger partial charge in [-0.05, 0) is 55.6 Å². The number of benzene rings is 1. The Bertz CT molecular complexity index is 1030. The number of carbonyl (C=O) groups is 1. The van der Waals surface area contributed by atoms with E-state index in [4.69, 9.17) is 0 Å². The summed E-state index contributed by atoms with van der Waals surface area (Å²) >= 11 is 0. The van der Waals surface area contributed by atoms with Gasteiger partial charge in [0.2, 0.25) is 5.91 Å². The summed E-state index contributed by atoms with van der Waals surface area (Å²) in [6.45, 7) is 5.71. The largest absolute Gasteiger partial charge is 0.352 e. The third-order valence-electron chi connectivity index (χ3n) is 6.07. The average molecular weight is 409 g/mol. The van der Waals surface area contributed by atoms with Crippen LogP contribution >= 0.6 is 0 Å². The molecular formula is C23H28N4O3. The molecule has 2 fully saturated rings. The molecule has 7 nitrogen and oxygen atoms in total. The summed E-state index contributed by atoms with van der Waals surface area (Å²) in [5, 5.41) is 10.5. The molecule has 1 N–H and O–H groups in total. The van der Waals surface area contributed by atoms with Crippen LogP contribution in [0.1, 0.15) is 69.5 Å². The summed E-state index contributed by atoms with van der Waals surface area (Å²) in [7, 11) is 0. The Hall–Kier alpha value is -2.83. The molecule has 1 heterocycles. The number of aromatic nitrogens is 2. The standard InChI is InChI=1S/C23H28N4O3/c1-14(2)22-19(17-6-4-5-16(9-17)15-7-8-15)10-21(29)27(25-22)13-20(28)24-18-11-23(3,12-18)26-30/h4-6,9-10,14-15,18H,7-8,11-13H2,1-3H3,(H,24,28). The highest BCUT2D eigenvalue weighted by Gasteiger charge is 2.42. The number of hydrogen-bond donors (Lipinski definition) is 1. The molecule has 0 spiro atoms. The Morgan fingerprint density at radius 1 is 1.30 bits per heavy atom. The van der Waals surface area contributed by atoms with Crippen LogP contribution in [0.3, 0.4) is 0 Å². The highest BCUT2D eigenvalue weighted by Crippen LogP contribution is 2.41. The minimum absolute atomic E-state index is 0.0788. The Morgan fingerprint density at radius 2 is 2.03 bits per heavy atom. The molecule has 0 atom stereocenters. The summed E-state index contributed by atoms with van der Waals surface area (Å²) in [5.74, 6) is 0.457. The van der Waals surface area contributed by atoms with E-state index >= 15 is 0 Å². The topological polar surface area (TPSA) is 93.4 Å². The lowest BCUT2D eigenvalue weighted by Crippen LogP contribution is -2.53. The van der Waals surface area contributed by atoms with Crippen LogP contribution in [0.5, 0.6) is 0 Å². The first kappa shape index (κ1) is 20.4. The van der Waals surface area contributed by atoms with Crippen molar-refractivity contribution in [3.8, 4) is 11.1 Å². The maximum absolute atomic E-state index is 12.7. The number of amides is 1. The Morgan fingerprint density at radius 3 is 2.67 bits per heavy atom. The zero-order valence-corrected chi connectivity index (χ0v) is 17.7. The minimum atomic E-state index is -0.589. The van der Waals surface area contributed by atoms with Crippen molar-refractivity contribution in [1.29, 1.82) is 0 Å². The van der Waals surface area contributed by atoms with E-state index in [-0.39, 0.29) is 30.0 Å². The van der Waals surface area contributed by atoms with Gasteiger partial charge >= 0.3 is 0 Å². The van der Waals surface area contributed by atoms with E-state index < -0.39 is 5.54 Å². The van der Waals surface area contributed by atoms with Crippen molar-refractivity contribution in [3.63, 3.8) is 0 Å². The van der Waals surface area contributed by atoms with Gasteiger partial charge in [0, 0.05) is 17.7 Å². The summed E-state index contributed by atoms with van der Waals surface area (Å²) in [5.41, 5.74) is 3.06. The van der Waals surface area contributed by atoms with Gasteiger partial charge in [0.1, 0.15) is 12.1 Å². The Kier molecular flexibility index (Phi) is 5.30. The monoisotopic (exact) mass is 408 g/mol. The average Bonchev–Trinajstić information content (AvgIpc) is 3.53. The summed E-state index contributed by atoms with van der Waals surface area (Å²) in [6.07, 6.45) is 3.49. The van der Waals surface area contributed by atoms with Gasteiger partial charge in [0.05, 0.1) is 5.69 Å².